The Morgan fingerprint density at radius 3 is 1.06 bits per heavy atom. The van der Waals surface area contributed by atoms with Crippen molar-refractivity contribution in [3.8, 4) is 0 Å². The summed E-state index contributed by atoms with van der Waals surface area (Å²) >= 11 is 9.70. The smallest absolute Gasteiger partial charge is 0.781 e. The zero-order chi connectivity index (χ0) is 27.3. The molecule has 0 spiro atoms. The van der Waals surface area contributed by atoms with Crippen LogP contribution in [-0.4, -0.2) is 0 Å². The molecule has 0 aromatic heterocycles. The zero-order valence-corrected chi connectivity index (χ0v) is 26.3. The van der Waals surface area contributed by atoms with Crippen LogP contribution < -0.4 is 0 Å². The van der Waals surface area contributed by atoms with Crippen molar-refractivity contribution in [3.05, 3.63) is 80.4 Å². The molecule has 0 aliphatic carbocycles. The second kappa shape index (κ2) is 14.0. The summed E-state index contributed by atoms with van der Waals surface area (Å²) in [5, 5.41) is 0. The first-order valence-corrected chi connectivity index (χ1v) is 13.2. The van der Waals surface area contributed by atoms with E-state index in [0.29, 0.717) is 0 Å². The van der Waals surface area contributed by atoms with Gasteiger partial charge >= 0.3 is 66.8 Å². The van der Waals surface area contributed by atoms with Gasteiger partial charge in [0.05, 0.1) is 0 Å². The third kappa shape index (κ3) is 16.3. The van der Waals surface area contributed by atoms with Crippen LogP contribution in [0.25, 0.3) is 0 Å². The number of benzene rings is 1. The van der Waals surface area contributed by atoms with E-state index in [-0.39, 0.29) is 33.8 Å². The molecule has 0 bridgehead atoms. The predicted octanol–water partition coefficient (Wildman–Crippen LogP) is 10.5. The largest absolute Gasteiger partial charge is 3.00 e. The molecule has 0 amide bonds. The SMILES string of the molecule is Cc1c(C)c(C)[c-](C)c1C.Cc1c[c-](C)c(C)c1C.F[P-](F)(F)(F)(F)F.[Co+3].[Fe+2].[S-]c1ccccc1[S-]. The van der Waals surface area contributed by atoms with Crippen LogP contribution in [0.5, 0.6) is 0 Å². The Kier molecular flexibility index (Phi) is 15.5. The Balaban J connectivity index is -0.000000399. The molecule has 36 heavy (non-hydrogen) atoms. The first-order valence-electron chi connectivity index (χ1n) is 10.3. The molecule has 0 atom stereocenters. The zero-order valence-electron chi connectivity index (χ0n) is 21.6. The van der Waals surface area contributed by atoms with Gasteiger partial charge in [0.25, 0.3) is 0 Å². The maximum atomic E-state index is 9.87. The van der Waals surface area contributed by atoms with E-state index in [1.54, 1.807) is 0 Å². The fraction of sp³-hybridized carbons (Fsp3) is 0.360. The van der Waals surface area contributed by atoms with Gasteiger partial charge < -0.3 is 25.3 Å². The Labute approximate surface area is 243 Å². The molecule has 0 N–H and O–H groups in total. The normalized spacial score (nSPS) is 12.0. The van der Waals surface area contributed by atoms with E-state index in [4.69, 9.17) is 25.3 Å². The third-order valence-corrected chi connectivity index (χ3v) is 6.68. The molecule has 208 valence electrons. The molecule has 0 saturated carbocycles. The van der Waals surface area contributed by atoms with Crippen molar-refractivity contribution in [2.45, 2.75) is 72.1 Å². The molecule has 0 nitrogen and oxygen atoms in total. The minimum atomic E-state index is -10.7. The standard InChI is InChI=1S/C10H15.C9H13.C6H6S2.Co.F6P.Fe/c1-6-7(2)9(4)10(5)8(6)3;1-6-5-7(2)9(4)8(6)3;7-5-3-1-2-4-6(5)8;;1-7(2,3,4,5)6;/h1-5H3;5H,1-4H3;1-4,7-8H;;;/q2*-1;;+3;-1;+2/p-2. The molecule has 0 fully saturated rings. The van der Waals surface area contributed by atoms with Crippen molar-refractivity contribution < 1.29 is 59.0 Å². The quantitative estimate of drug-likeness (QED) is 0.0777. The number of hydrogen-bond acceptors (Lipinski definition) is 2. The maximum absolute atomic E-state index is 10.7. The minimum Gasteiger partial charge on any atom is -0.781 e. The average Bonchev–Trinajstić information content (AvgIpc) is 3.00. The Morgan fingerprint density at radius 2 is 0.944 bits per heavy atom. The monoisotopic (exact) mass is 656 g/mol. The van der Waals surface area contributed by atoms with Gasteiger partial charge in [0.2, 0.25) is 0 Å². The van der Waals surface area contributed by atoms with Crippen molar-refractivity contribution in [3.63, 3.8) is 0 Å². The van der Waals surface area contributed by atoms with Crippen LogP contribution in [0.3, 0.4) is 0 Å². The van der Waals surface area contributed by atoms with Crippen molar-refractivity contribution in [1.82, 2.24) is 0 Å². The molecule has 0 saturated heterocycles. The Bertz CT molecular complexity index is 986. The van der Waals surface area contributed by atoms with Gasteiger partial charge in [-0.15, -0.1) is 0 Å². The number of aryl methyl sites for hydroxylation is 2. The summed E-state index contributed by atoms with van der Waals surface area (Å²) < 4.78 is 59.2. The maximum Gasteiger partial charge on any atom is 3.00 e. The van der Waals surface area contributed by atoms with E-state index in [1.165, 1.54) is 50.1 Å². The number of rotatable bonds is 0. The Hall–Kier alpha value is -0.604. The van der Waals surface area contributed by atoms with E-state index in [9.17, 15) is 25.2 Å². The summed E-state index contributed by atoms with van der Waals surface area (Å²) in [4.78, 5) is 1.53. The average molecular weight is 656 g/mol. The van der Waals surface area contributed by atoms with Crippen LogP contribution in [0.15, 0.2) is 40.1 Å². The van der Waals surface area contributed by atoms with Crippen molar-refractivity contribution in [1.29, 1.82) is 0 Å². The molecule has 3 rings (SSSR count). The van der Waals surface area contributed by atoms with Crippen LogP contribution in [0, 0.1) is 62.3 Å². The molecule has 0 radical (unpaired) electrons. The van der Waals surface area contributed by atoms with Crippen molar-refractivity contribution in [2.24, 2.45) is 0 Å². The summed E-state index contributed by atoms with van der Waals surface area (Å²) in [5.41, 5.74) is 13.1. The van der Waals surface area contributed by atoms with Gasteiger partial charge in [0.1, 0.15) is 0 Å². The van der Waals surface area contributed by atoms with Crippen LogP contribution in [0.2, 0.25) is 0 Å². The first kappa shape index (κ1) is 39.9. The van der Waals surface area contributed by atoms with E-state index in [1.807, 2.05) is 24.3 Å². The van der Waals surface area contributed by atoms with Crippen molar-refractivity contribution >= 4 is 33.1 Å². The summed E-state index contributed by atoms with van der Waals surface area (Å²) in [7, 11) is -10.7. The molecule has 0 unspecified atom stereocenters. The fourth-order valence-electron chi connectivity index (χ4n) is 2.99. The summed E-state index contributed by atoms with van der Waals surface area (Å²) in [6, 6.07) is 9.68. The van der Waals surface area contributed by atoms with Gasteiger partial charge in [0.15, 0.2) is 0 Å². The van der Waals surface area contributed by atoms with Gasteiger partial charge in [0, 0.05) is 0 Å². The molecule has 0 aliphatic heterocycles. The van der Waals surface area contributed by atoms with Gasteiger partial charge in [-0.25, -0.2) is 0 Å². The summed E-state index contributed by atoms with van der Waals surface area (Å²) in [6.07, 6.45) is 0. The molecule has 3 aromatic carbocycles. The van der Waals surface area contributed by atoms with Crippen molar-refractivity contribution in [2.75, 3.05) is 0 Å². The van der Waals surface area contributed by atoms with Gasteiger partial charge in [-0.3, -0.25) is 0 Å². The fourth-order valence-corrected chi connectivity index (χ4v) is 3.28. The van der Waals surface area contributed by atoms with E-state index in [2.05, 4.69) is 68.4 Å². The topological polar surface area (TPSA) is 0 Å². The number of hydrogen-bond donors (Lipinski definition) is 0. The first-order chi connectivity index (χ1) is 14.9. The van der Waals surface area contributed by atoms with Crippen LogP contribution in [0.4, 0.5) is 25.2 Å². The molecular weight excluding hydrogens is 624 g/mol. The van der Waals surface area contributed by atoms with E-state index >= 15 is 0 Å². The van der Waals surface area contributed by atoms with Gasteiger partial charge in [-0.05, 0) is 0 Å². The predicted molar refractivity (Wildman–Crippen MR) is 138 cm³/mol. The van der Waals surface area contributed by atoms with Gasteiger partial charge in [-0.2, -0.15) is 65.9 Å². The molecular formula is C25H32CoF6FePS2. The van der Waals surface area contributed by atoms with Crippen LogP contribution in [0.1, 0.15) is 50.1 Å². The number of halogens is 6. The molecule has 3 aromatic rings. The van der Waals surface area contributed by atoms with E-state index in [0.717, 1.165) is 9.79 Å². The third-order valence-electron chi connectivity index (χ3n) is 5.84. The molecule has 11 heteroatoms. The summed E-state index contributed by atoms with van der Waals surface area (Å²) in [5.74, 6) is 0. The second-order valence-electron chi connectivity index (χ2n) is 8.29. The minimum absolute atomic E-state index is 0. The second-order valence-corrected chi connectivity index (χ2v) is 11.1. The van der Waals surface area contributed by atoms with Crippen LogP contribution >= 0.6 is 7.81 Å². The van der Waals surface area contributed by atoms with Gasteiger partial charge in [-0.1, -0.05) is 86.6 Å². The molecule has 0 aliphatic rings. The molecule has 0 heterocycles. The van der Waals surface area contributed by atoms with E-state index < -0.39 is 7.81 Å². The summed E-state index contributed by atoms with van der Waals surface area (Å²) in [6.45, 7) is 19.7. The van der Waals surface area contributed by atoms with Crippen LogP contribution in [-0.2, 0) is 59.1 Å². The Morgan fingerprint density at radius 1 is 0.639 bits per heavy atom.